The van der Waals surface area contributed by atoms with E-state index in [1.165, 1.54) is 5.56 Å². The number of nitrogens with zero attached hydrogens (tertiary/aromatic N) is 1. The topological polar surface area (TPSA) is 49.4 Å². The Morgan fingerprint density at radius 3 is 2.05 bits per heavy atom. The smallest absolute Gasteiger partial charge is 0.233 e. The predicted octanol–water partition coefficient (Wildman–Crippen LogP) is 3.79. The molecule has 0 aliphatic heterocycles. The summed E-state index contributed by atoms with van der Waals surface area (Å²) in [4.78, 5) is 25.9. The van der Waals surface area contributed by atoms with Gasteiger partial charge in [0.1, 0.15) is 6.42 Å². The lowest BCUT2D eigenvalue weighted by Gasteiger charge is -2.21. The molecule has 22 heavy (non-hydrogen) atoms. The maximum Gasteiger partial charge on any atom is 0.233 e. The maximum atomic E-state index is 12.1. The fourth-order valence-corrected chi connectivity index (χ4v) is 2.31. The molecule has 0 heterocycles. The average molecular weight is 304 g/mol. The van der Waals surface area contributed by atoms with Crippen LogP contribution in [-0.4, -0.2) is 29.8 Å². The fourth-order valence-electron chi connectivity index (χ4n) is 2.31. The third-order valence-electron chi connectivity index (χ3n) is 3.51. The summed E-state index contributed by atoms with van der Waals surface area (Å²) in [6, 6.07) is 7.77. The normalized spacial score (nSPS) is 10.6. The number of hydrogen-bond donors (Lipinski definition) is 1. The van der Waals surface area contributed by atoms with Crippen molar-refractivity contribution in [3.05, 3.63) is 29.8 Å². The number of hydrogen-bond acceptors (Lipinski definition) is 2. The molecule has 1 aromatic carbocycles. The molecule has 0 aromatic heterocycles. The van der Waals surface area contributed by atoms with Gasteiger partial charge in [-0.2, -0.15) is 0 Å². The summed E-state index contributed by atoms with van der Waals surface area (Å²) >= 11 is 0. The number of anilines is 1. The lowest BCUT2D eigenvalue weighted by Crippen LogP contribution is -2.35. The van der Waals surface area contributed by atoms with Gasteiger partial charge in [0.15, 0.2) is 0 Å². The SMILES string of the molecule is CCCN(CCC)C(=O)CC(=O)Nc1ccc(C(C)C)cc1. The lowest BCUT2D eigenvalue weighted by molar-refractivity contribution is -0.134. The van der Waals surface area contributed by atoms with E-state index < -0.39 is 0 Å². The van der Waals surface area contributed by atoms with Crippen LogP contribution in [0.25, 0.3) is 0 Å². The van der Waals surface area contributed by atoms with Crippen molar-refractivity contribution in [2.75, 3.05) is 18.4 Å². The van der Waals surface area contributed by atoms with Gasteiger partial charge < -0.3 is 10.2 Å². The van der Waals surface area contributed by atoms with Crippen LogP contribution < -0.4 is 5.32 Å². The van der Waals surface area contributed by atoms with Gasteiger partial charge >= 0.3 is 0 Å². The Morgan fingerprint density at radius 1 is 1.05 bits per heavy atom. The summed E-state index contributed by atoms with van der Waals surface area (Å²) in [6.07, 6.45) is 1.72. The van der Waals surface area contributed by atoms with Gasteiger partial charge in [-0.15, -0.1) is 0 Å². The highest BCUT2D eigenvalue weighted by Crippen LogP contribution is 2.17. The zero-order valence-corrected chi connectivity index (χ0v) is 14.2. The van der Waals surface area contributed by atoms with E-state index in [1.807, 2.05) is 38.1 Å². The fraction of sp³-hybridized carbons (Fsp3) is 0.556. The van der Waals surface area contributed by atoms with Crippen LogP contribution in [0.5, 0.6) is 0 Å². The highest BCUT2D eigenvalue weighted by molar-refractivity contribution is 6.03. The molecule has 0 saturated heterocycles. The summed E-state index contributed by atoms with van der Waals surface area (Å²) in [6.45, 7) is 9.75. The van der Waals surface area contributed by atoms with Gasteiger partial charge in [-0.05, 0) is 36.5 Å². The molecule has 1 aromatic rings. The van der Waals surface area contributed by atoms with Crippen molar-refractivity contribution in [2.45, 2.75) is 52.9 Å². The maximum absolute atomic E-state index is 12.1. The van der Waals surface area contributed by atoms with Crippen molar-refractivity contribution in [3.63, 3.8) is 0 Å². The first-order valence-corrected chi connectivity index (χ1v) is 8.15. The third-order valence-corrected chi connectivity index (χ3v) is 3.51. The molecule has 0 aliphatic rings. The van der Waals surface area contributed by atoms with Gasteiger partial charge in [-0.25, -0.2) is 0 Å². The van der Waals surface area contributed by atoms with Crippen LogP contribution in [0.3, 0.4) is 0 Å². The van der Waals surface area contributed by atoms with E-state index in [0.717, 1.165) is 18.5 Å². The van der Waals surface area contributed by atoms with Gasteiger partial charge in [-0.3, -0.25) is 9.59 Å². The molecule has 122 valence electrons. The minimum absolute atomic E-state index is 0.0913. The monoisotopic (exact) mass is 304 g/mol. The van der Waals surface area contributed by atoms with E-state index in [0.29, 0.717) is 19.0 Å². The second-order valence-corrected chi connectivity index (χ2v) is 5.88. The van der Waals surface area contributed by atoms with Crippen molar-refractivity contribution < 1.29 is 9.59 Å². The molecule has 1 N–H and O–H groups in total. The lowest BCUT2D eigenvalue weighted by atomic mass is 10.0. The number of rotatable bonds is 8. The van der Waals surface area contributed by atoms with Crippen molar-refractivity contribution >= 4 is 17.5 Å². The molecule has 4 heteroatoms. The average Bonchev–Trinajstić information content (AvgIpc) is 2.47. The van der Waals surface area contributed by atoms with E-state index in [-0.39, 0.29) is 18.2 Å². The zero-order valence-electron chi connectivity index (χ0n) is 14.2. The van der Waals surface area contributed by atoms with E-state index in [9.17, 15) is 9.59 Å². The molecule has 4 nitrogen and oxygen atoms in total. The van der Waals surface area contributed by atoms with Gasteiger partial charge in [0, 0.05) is 18.8 Å². The third kappa shape index (κ3) is 5.88. The van der Waals surface area contributed by atoms with Crippen LogP contribution in [0, 0.1) is 0 Å². The molecule has 0 spiro atoms. The largest absolute Gasteiger partial charge is 0.342 e. The predicted molar refractivity (Wildman–Crippen MR) is 90.9 cm³/mol. The van der Waals surface area contributed by atoms with Crippen LogP contribution in [0.15, 0.2) is 24.3 Å². The Kier molecular flexibility index (Phi) is 7.64. The summed E-state index contributed by atoms with van der Waals surface area (Å²) < 4.78 is 0. The van der Waals surface area contributed by atoms with E-state index in [2.05, 4.69) is 19.2 Å². The van der Waals surface area contributed by atoms with Crippen LogP contribution in [0.2, 0.25) is 0 Å². The zero-order chi connectivity index (χ0) is 16.5. The second-order valence-electron chi connectivity index (χ2n) is 5.88. The first-order valence-electron chi connectivity index (χ1n) is 8.15. The number of amides is 2. The minimum Gasteiger partial charge on any atom is -0.342 e. The quantitative estimate of drug-likeness (QED) is 0.743. The Labute approximate surface area is 133 Å². The van der Waals surface area contributed by atoms with Gasteiger partial charge in [0.25, 0.3) is 0 Å². The van der Waals surface area contributed by atoms with Gasteiger partial charge in [0.05, 0.1) is 0 Å². The minimum atomic E-state index is -0.250. The number of carbonyl (C=O) groups is 2. The summed E-state index contributed by atoms with van der Waals surface area (Å²) in [5, 5.41) is 2.79. The molecule has 0 atom stereocenters. The van der Waals surface area contributed by atoms with Crippen LogP contribution in [0.1, 0.15) is 58.4 Å². The van der Waals surface area contributed by atoms with Crippen LogP contribution >= 0.6 is 0 Å². The molecular formula is C18H28N2O2. The van der Waals surface area contributed by atoms with E-state index in [1.54, 1.807) is 4.90 Å². The number of carbonyl (C=O) groups excluding carboxylic acids is 2. The van der Waals surface area contributed by atoms with Crippen molar-refractivity contribution in [2.24, 2.45) is 0 Å². The molecule has 0 bridgehead atoms. The Balaban J connectivity index is 2.55. The van der Waals surface area contributed by atoms with E-state index >= 15 is 0 Å². The molecule has 0 unspecified atom stereocenters. The molecule has 0 radical (unpaired) electrons. The Morgan fingerprint density at radius 2 is 1.59 bits per heavy atom. The first kappa shape index (κ1) is 18.2. The summed E-state index contributed by atoms with van der Waals surface area (Å²) in [5.41, 5.74) is 1.96. The van der Waals surface area contributed by atoms with Gasteiger partial charge in [-0.1, -0.05) is 39.8 Å². The molecular weight excluding hydrogens is 276 g/mol. The molecule has 2 amide bonds. The molecule has 0 fully saturated rings. The highest BCUT2D eigenvalue weighted by atomic mass is 16.2. The first-order chi connectivity index (χ1) is 10.5. The number of nitrogens with one attached hydrogen (secondary N) is 1. The van der Waals surface area contributed by atoms with Crippen molar-refractivity contribution in [1.29, 1.82) is 0 Å². The number of benzene rings is 1. The molecule has 0 aliphatic carbocycles. The highest BCUT2D eigenvalue weighted by Gasteiger charge is 2.16. The van der Waals surface area contributed by atoms with Crippen LogP contribution in [-0.2, 0) is 9.59 Å². The Bertz CT molecular complexity index is 474. The van der Waals surface area contributed by atoms with Crippen LogP contribution in [0.4, 0.5) is 5.69 Å². The van der Waals surface area contributed by atoms with Gasteiger partial charge in [0.2, 0.25) is 11.8 Å². The standard InChI is InChI=1S/C18H28N2O2/c1-5-11-20(12-6-2)18(22)13-17(21)19-16-9-7-15(8-10-16)14(3)4/h7-10,14H,5-6,11-13H2,1-4H3,(H,19,21). The van der Waals surface area contributed by atoms with E-state index in [4.69, 9.17) is 0 Å². The molecule has 0 saturated carbocycles. The summed E-state index contributed by atoms with van der Waals surface area (Å²) in [5.74, 6) is 0.113. The van der Waals surface area contributed by atoms with Crippen molar-refractivity contribution in [3.8, 4) is 0 Å². The summed E-state index contributed by atoms with van der Waals surface area (Å²) in [7, 11) is 0. The van der Waals surface area contributed by atoms with Crippen molar-refractivity contribution in [1.82, 2.24) is 4.90 Å². The Hall–Kier alpha value is -1.84. The molecule has 1 rings (SSSR count). The second kappa shape index (κ2) is 9.23.